The van der Waals surface area contributed by atoms with Gasteiger partial charge in [0.15, 0.2) is 0 Å². The van der Waals surface area contributed by atoms with Gasteiger partial charge in [-0.05, 0) is 38.8 Å². The molecule has 0 radical (unpaired) electrons. The van der Waals surface area contributed by atoms with Crippen molar-refractivity contribution >= 4 is 17.7 Å². The highest BCUT2D eigenvalue weighted by Crippen LogP contribution is 2.23. The summed E-state index contributed by atoms with van der Waals surface area (Å²) in [5.41, 5.74) is 8.06. The van der Waals surface area contributed by atoms with E-state index in [1.54, 1.807) is 11.8 Å². The first-order valence-corrected chi connectivity index (χ1v) is 7.20. The fourth-order valence-electron chi connectivity index (χ4n) is 1.50. The van der Waals surface area contributed by atoms with Crippen molar-refractivity contribution in [2.24, 2.45) is 5.73 Å². The highest BCUT2D eigenvalue weighted by Gasteiger charge is 2.05. The van der Waals surface area contributed by atoms with Gasteiger partial charge in [-0.1, -0.05) is 17.7 Å². The molecule has 1 rings (SSSR count). The van der Waals surface area contributed by atoms with Crippen LogP contribution < -0.4 is 11.1 Å². The Bertz CT molecular complexity index is 405. The minimum atomic E-state index is 0.0709. The molecule has 0 bridgehead atoms. The summed E-state index contributed by atoms with van der Waals surface area (Å²) < 4.78 is 0. The van der Waals surface area contributed by atoms with Gasteiger partial charge in [-0.15, -0.1) is 11.8 Å². The summed E-state index contributed by atoms with van der Waals surface area (Å²) >= 11 is 1.58. The van der Waals surface area contributed by atoms with Crippen molar-refractivity contribution in [1.29, 1.82) is 0 Å². The molecular weight excluding hydrogens is 244 g/mol. The molecule has 0 aliphatic carbocycles. The minimum absolute atomic E-state index is 0.0709. The molecule has 0 saturated heterocycles. The maximum atomic E-state index is 11.6. The Labute approximate surface area is 114 Å². The number of aryl methyl sites for hydroxylation is 2. The van der Waals surface area contributed by atoms with Gasteiger partial charge in [-0.2, -0.15) is 0 Å². The maximum Gasteiger partial charge on any atom is 0.230 e. The van der Waals surface area contributed by atoms with E-state index in [2.05, 4.69) is 37.4 Å². The van der Waals surface area contributed by atoms with E-state index in [4.69, 9.17) is 5.73 Å². The fraction of sp³-hybridized carbons (Fsp3) is 0.500. The minimum Gasteiger partial charge on any atom is -0.355 e. The normalized spacial score (nSPS) is 12.2. The first-order valence-electron chi connectivity index (χ1n) is 6.21. The van der Waals surface area contributed by atoms with E-state index in [0.717, 1.165) is 6.42 Å². The summed E-state index contributed by atoms with van der Waals surface area (Å²) in [5.74, 6) is 0.532. The Hall–Kier alpha value is -1.00. The van der Waals surface area contributed by atoms with Crippen molar-refractivity contribution in [2.75, 3.05) is 12.3 Å². The summed E-state index contributed by atoms with van der Waals surface area (Å²) in [6.07, 6.45) is 0.819. The number of amides is 1. The van der Waals surface area contributed by atoms with E-state index < -0.39 is 0 Å². The summed E-state index contributed by atoms with van der Waals surface area (Å²) in [5, 5.41) is 2.88. The average Bonchev–Trinajstić information content (AvgIpc) is 2.30. The second kappa shape index (κ2) is 7.44. The quantitative estimate of drug-likeness (QED) is 0.777. The lowest BCUT2D eigenvalue weighted by Gasteiger charge is -2.08. The van der Waals surface area contributed by atoms with E-state index >= 15 is 0 Å². The number of hydrogen-bond acceptors (Lipinski definition) is 3. The molecule has 1 aromatic carbocycles. The zero-order valence-electron chi connectivity index (χ0n) is 11.3. The molecule has 18 heavy (non-hydrogen) atoms. The fourth-order valence-corrected chi connectivity index (χ4v) is 2.45. The second-order valence-electron chi connectivity index (χ2n) is 4.67. The Morgan fingerprint density at radius 3 is 2.83 bits per heavy atom. The Morgan fingerprint density at radius 2 is 2.17 bits per heavy atom. The molecule has 0 aliphatic heterocycles. The predicted octanol–water partition coefficient (Wildman–Crippen LogP) is 2.25. The van der Waals surface area contributed by atoms with Gasteiger partial charge in [0.2, 0.25) is 5.91 Å². The van der Waals surface area contributed by atoms with Gasteiger partial charge in [0.1, 0.15) is 0 Å². The van der Waals surface area contributed by atoms with E-state index in [0.29, 0.717) is 12.3 Å². The van der Waals surface area contributed by atoms with Crippen LogP contribution in [0, 0.1) is 13.8 Å². The van der Waals surface area contributed by atoms with Crippen LogP contribution in [0.2, 0.25) is 0 Å². The van der Waals surface area contributed by atoms with Gasteiger partial charge in [0.05, 0.1) is 5.75 Å². The molecule has 0 aromatic heterocycles. The van der Waals surface area contributed by atoms with Crippen LogP contribution in [0.5, 0.6) is 0 Å². The van der Waals surface area contributed by atoms with E-state index in [1.165, 1.54) is 16.0 Å². The number of hydrogen-bond donors (Lipinski definition) is 2. The molecule has 1 unspecified atom stereocenters. The van der Waals surface area contributed by atoms with Crippen LogP contribution in [0.25, 0.3) is 0 Å². The topological polar surface area (TPSA) is 55.1 Å². The van der Waals surface area contributed by atoms with E-state index in [-0.39, 0.29) is 11.9 Å². The van der Waals surface area contributed by atoms with Crippen LogP contribution in [-0.2, 0) is 4.79 Å². The van der Waals surface area contributed by atoms with Crippen LogP contribution >= 0.6 is 11.8 Å². The number of nitrogens with two attached hydrogens (primary N) is 1. The largest absolute Gasteiger partial charge is 0.355 e. The van der Waals surface area contributed by atoms with Crippen LogP contribution in [0.15, 0.2) is 23.1 Å². The highest BCUT2D eigenvalue weighted by atomic mass is 32.2. The Kier molecular flexibility index (Phi) is 6.22. The SMILES string of the molecule is Cc1ccc(C)c(SCC(=O)NCCC(C)N)c1. The number of thioether (sulfide) groups is 1. The monoisotopic (exact) mass is 266 g/mol. The summed E-state index contributed by atoms with van der Waals surface area (Å²) in [4.78, 5) is 12.8. The van der Waals surface area contributed by atoms with Crippen LogP contribution in [-0.4, -0.2) is 24.2 Å². The molecule has 0 aliphatic rings. The number of nitrogens with one attached hydrogen (secondary N) is 1. The second-order valence-corrected chi connectivity index (χ2v) is 5.69. The molecule has 0 heterocycles. The highest BCUT2D eigenvalue weighted by molar-refractivity contribution is 8.00. The average molecular weight is 266 g/mol. The lowest BCUT2D eigenvalue weighted by Crippen LogP contribution is -2.30. The molecule has 4 heteroatoms. The Balaban J connectivity index is 2.36. The molecule has 1 amide bonds. The smallest absolute Gasteiger partial charge is 0.230 e. The zero-order valence-corrected chi connectivity index (χ0v) is 12.1. The number of carbonyl (C=O) groups is 1. The molecular formula is C14H22N2OS. The van der Waals surface area contributed by atoms with Gasteiger partial charge >= 0.3 is 0 Å². The van der Waals surface area contributed by atoms with Crippen molar-refractivity contribution in [2.45, 2.75) is 38.1 Å². The molecule has 1 aromatic rings. The predicted molar refractivity (Wildman–Crippen MR) is 77.9 cm³/mol. The number of carbonyl (C=O) groups excluding carboxylic acids is 1. The third-order valence-electron chi connectivity index (χ3n) is 2.62. The standard InChI is InChI=1S/C14H22N2OS/c1-10-4-5-11(2)13(8-10)18-9-14(17)16-7-6-12(3)15/h4-5,8,12H,6-7,9,15H2,1-3H3,(H,16,17). The molecule has 3 nitrogen and oxygen atoms in total. The first-order chi connectivity index (χ1) is 8.49. The van der Waals surface area contributed by atoms with Crippen LogP contribution in [0.4, 0.5) is 0 Å². The van der Waals surface area contributed by atoms with E-state index in [9.17, 15) is 4.79 Å². The molecule has 0 spiro atoms. The van der Waals surface area contributed by atoms with Crippen molar-refractivity contribution in [1.82, 2.24) is 5.32 Å². The van der Waals surface area contributed by atoms with Crippen LogP contribution in [0.1, 0.15) is 24.5 Å². The third kappa shape index (κ3) is 5.56. The van der Waals surface area contributed by atoms with Crippen LogP contribution in [0.3, 0.4) is 0 Å². The van der Waals surface area contributed by atoms with Crippen molar-refractivity contribution in [3.8, 4) is 0 Å². The number of rotatable bonds is 6. The first kappa shape index (κ1) is 15.1. The van der Waals surface area contributed by atoms with Crippen molar-refractivity contribution in [3.63, 3.8) is 0 Å². The lowest BCUT2D eigenvalue weighted by atomic mass is 10.2. The number of benzene rings is 1. The maximum absolute atomic E-state index is 11.6. The summed E-state index contributed by atoms with van der Waals surface area (Å²) in [7, 11) is 0. The molecule has 1 atom stereocenters. The van der Waals surface area contributed by atoms with Crippen molar-refractivity contribution < 1.29 is 4.79 Å². The van der Waals surface area contributed by atoms with E-state index in [1.807, 2.05) is 6.92 Å². The molecule has 100 valence electrons. The third-order valence-corrected chi connectivity index (χ3v) is 3.78. The molecule has 0 saturated carbocycles. The molecule has 3 N–H and O–H groups in total. The van der Waals surface area contributed by atoms with Gasteiger partial charge < -0.3 is 11.1 Å². The molecule has 0 fully saturated rings. The van der Waals surface area contributed by atoms with Gasteiger partial charge in [-0.3, -0.25) is 4.79 Å². The van der Waals surface area contributed by atoms with Gasteiger partial charge in [-0.25, -0.2) is 0 Å². The Morgan fingerprint density at radius 1 is 1.44 bits per heavy atom. The van der Waals surface area contributed by atoms with Gasteiger partial charge in [0.25, 0.3) is 0 Å². The van der Waals surface area contributed by atoms with Crippen molar-refractivity contribution in [3.05, 3.63) is 29.3 Å². The zero-order chi connectivity index (χ0) is 13.5. The summed E-state index contributed by atoms with van der Waals surface area (Å²) in [6.45, 7) is 6.73. The van der Waals surface area contributed by atoms with Gasteiger partial charge in [0, 0.05) is 17.5 Å². The summed E-state index contributed by atoms with van der Waals surface area (Å²) in [6, 6.07) is 6.43. The lowest BCUT2D eigenvalue weighted by molar-refractivity contribution is -0.118.